The van der Waals surface area contributed by atoms with Crippen molar-refractivity contribution in [3.63, 3.8) is 0 Å². The fourth-order valence-corrected chi connectivity index (χ4v) is 3.53. The van der Waals surface area contributed by atoms with Crippen LogP contribution in [0.25, 0.3) is 6.08 Å². The van der Waals surface area contributed by atoms with Crippen molar-refractivity contribution < 1.29 is 20.3 Å². The lowest BCUT2D eigenvalue weighted by Crippen LogP contribution is -2.99. The Bertz CT molecular complexity index is 869. The number of hydrogen-bond donors (Lipinski definition) is 4. The summed E-state index contributed by atoms with van der Waals surface area (Å²) < 4.78 is 0.409. The third-order valence-corrected chi connectivity index (χ3v) is 5.05. The number of phenolic OH excluding ortho intramolecular Hbond substituents is 1. The van der Waals surface area contributed by atoms with E-state index in [1.165, 1.54) is 28.8 Å². The van der Waals surface area contributed by atoms with Crippen LogP contribution in [0.15, 0.2) is 53.4 Å². The van der Waals surface area contributed by atoms with E-state index in [1.54, 1.807) is 42.5 Å². The minimum Gasteiger partial charge on any atom is -0.595 e. The van der Waals surface area contributed by atoms with E-state index in [1.807, 2.05) is 0 Å². The number of nitrogens with zero attached hydrogens (tertiary/aromatic N) is 1. The molecule has 0 saturated carbocycles. The number of quaternary nitrogens is 1. The Hall–Kier alpha value is -2.43. The molecule has 0 radical (unpaired) electrons. The SMILES string of the molecule is O=C1C(=Cc2ccccc2O)SC(=S)N1CNc1ccc([NH+]([O-])O)cc1. The number of thiocarbonyl (C=S) groups is 1. The first kappa shape index (κ1) is 18.4. The van der Waals surface area contributed by atoms with Gasteiger partial charge in [-0.15, -0.1) is 0 Å². The van der Waals surface area contributed by atoms with Crippen molar-refractivity contribution in [1.82, 2.24) is 4.90 Å². The average molecular weight is 389 g/mol. The van der Waals surface area contributed by atoms with E-state index in [-0.39, 0.29) is 24.0 Å². The van der Waals surface area contributed by atoms with Gasteiger partial charge in [0.05, 0.1) is 11.6 Å². The summed E-state index contributed by atoms with van der Waals surface area (Å²) >= 11 is 6.43. The van der Waals surface area contributed by atoms with Crippen LogP contribution in [0, 0.1) is 5.21 Å². The van der Waals surface area contributed by atoms with Crippen LogP contribution in [0.3, 0.4) is 0 Å². The van der Waals surface area contributed by atoms with E-state index in [4.69, 9.17) is 17.4 Å². The number of anilines is 1. The largest absolute Gasteiger partial charge is 0.595 e. The zero-order valence-corrected chi connectivity index (χ0v) is 15.0. The summed E-state index contributed by atoms with van der Waals surface area (Å²) in [5.41, 5.74) is 1.41. The van der Waals surface area contributed by atoms with E-state index in [0.29, 0.717) is 20.5 Å². The number of amides is 1. The maximum atomic E-state index is 12.5. The van der Waals surface area contributed by atoms with Gasteiger partial charge >= 0.3 is 0 Å². The van der Waals surface area contributed by atoms with E-state index in [9.17, 15) is 15.1 Å². The van der Waals surface area contributed by atoms with Gasteiger partial charge in [-0.3, -0.25) is 9.69 Å². The van der Waals surface area contributed by atoms with Gasteiger partial charge in [0.1, 0.15) is 10.1 Å². The van der Waals surface area contributed by atoms with Crippen LogP contribution >= 0.6 is 24.0 Å². The quantitative estimate of drug-likeness (QED) is 0.353. The van der Waals surface area contributed by atoms with Crippen LogP contribution in [-0.4, -0.2) is 32.1 Å². The van der Waals surface area contributed by atoms with Gasteiger partial charge in [-0.25, -0.2) is 5.21 Å². The highest BCUT2D eigenvalue weighted by atomic mass is 32.2. The highest BCUT2D eigenvalue weighted by molar-refractivity contribution is 8.26. The first-order valence-electron chi connectivity index (χ1n) is 7.56. The Kier molecular flexibility index (Phi) is 5.55. The van der Waals surface area contributed by atoms with Crippen molar-refractivity contribution in [2.24, 2.45) is 0 Å². The number of aromatic hydroxyl groups is 1. The number of thioether (sulfide) groups is 1. The first-order chi connectivity index (χ1) is 12.5. The third kappa shape index (κ3) is 4.03. The maximum Gasteiger partial charge on any atom is 0.267 e. The third-order valence-electron chi connectivity index (χ3n) is 3.67. The molecule has 0 bridgehead atoms. The van der Waals surface area contributed by atoms with Gasteiger partial charge in [0.2, 0.25) is 0 Å². The lowest BCUT2D eigenvalue weighted by Gasteiger charge is -2.17. The smallest absolute Gasteiger partial charge is 0.267 e. The molecule has 1 atom stereocenters. The summed E-state index contributed by atoms with van der Waals surface area (Å²) in [6.45, 7) is 0.162. The lowest BCUT2D eigenvalue weighted by atomic mass is 10.2. The fourth-order valence-electron chi connectivity index (χ4n) is 2.29. The van der Waals surface area contributed by atoms with Crippen molar-refractivity contribution in [2.45, 2.75) is 0 Å². The Morgan fingerprint density at radius 3 is 2.58 bits per heavy atom. The van der Waals surface area contributed by atoms with Crippen molar-refractivity contribution >= 4 is 51.7 Å². The monoisotopic (exact) mass is 389 g/mol. The van der Waals surface area contributed by atoms with Crippen molar-refractivity contribution in [2.75, 3.05) is 12.0 Å². The summed E-state index contributed by atoms with van der Waals surface area (Å²) in [5, 5.41) is 31.6. The Balaban J connectivity index is 1.68. The highest BCUT2D eigenvalue weighted by Gasteiger charge is 2.31. The average Bonchev–Trinajstić information content (AvgIpc) is 2.89. The zero-order valence-electron chi connectivity index (χ0n) is 13.4. The number of nitrogens with one attached hydrogen (secondary N) is 2. The molecule has 2 aromatic carbocycles. The molecule has 7 nitrogen and oxygen atoms in total. The van der Waals surface area contributed by atoms with Crippen molar-refractivity contribution in [3.8, 4) is 5.75 Å². The van der Waals surface area contributed by atoms with Gasteiger partial charge in [-0.2, -0.15) is 5.23 Å². The maximum absolute atomic E-state index is 12.5. The molecular formula is C17H15N3O4S2. The molecular weight excluding hydrogens is 374 g/mol. The number of carbonyl (C=O) groups is 1. The number of hydrogen-bond acceptors (Lipinski definition) is 7. The van der Waals surface area contributed by atoms with Gasteiger partial charge in [0.15, 0.2) is 5.69 Å². The Morgan fingerprint density at radius 2 is 1.92 bits per heavy atom. The molecule has 9 heteroatoms. The highest BCUT2D eigenvalue weighted by Crippen LogP contribution is 2.33. The number of phenols is 1. The van der Waals surface area contributed by atoms with E-state index < -0.39 is 5.23 Å². The van der Waals surface area contributed by atoms with Gasteiger partial charge in [-0.1, -0.05) is 42.2 Å². The number of rotatable bonds is 5. The van der Waals surface area contributed by atoms with Crippen molar-refractivity contribution in [1.29, 1.82) is 0 Å². The molecule has 4 N–H and O–H groups in total. The molecule has 1 aliphatic rings. The first-order valence-corrected chi connectivity index (χ1v) is 8.79. The second-order valence-corrected chi connectivity index (χ2v) is 7.06. The summed E-state index contributed by atoms with van der Waals surface area (Å²) in [4.78, 5) is 14.4. The molecule has 26 heavy (non-hydrogen) atoms. The zero-order chi connectivity index (χ0) is 18.7. The summed E-state index contributed by atoms with van der Waals surface area (Å²) in [6, 6.07) is 12.9. The molecule has 1 aliphatic heterocycles. The van der Waals surface area contributed by atoms with Crippen LogP contribution in [0.5, 0.6) is 5.75 Å². The van der Waals surface area contributed by atoms with Crippen LogP contribution in [0.4, 0.5) is 11.4 Å². The van der Waals surface area contributed by atoms with Gasteiger partial charge < -0.3 is 15.6 Å². The number of benzene rings is 2. The van der Waals surface area contributed by atoms with E-state index >= 15 is 0 Å². The Morgan fingerprint density at radius 1 is 1.23 bits per heavy atom. The van der Waals surface area contributed by atoms with Crippen LogP contribution < -0.4 is 10.5 Å². The second-order valence-electron chi connectivity index (χ2n) is 5.39. The predicted molar refractivity (Wildman–Crippen MR) is 104 cm³/mol. The van der Waals surface area contributed by atoms with E-state index in [2.05, 4.69) is 5.32 Å². The van der Waals surface area contributed by atoms with Gasteiger partial charge in [0, 0.05) is 23.4 Å². The van der Waals surface area contributed by atoms with Crippen LogP contribution in [-0.2, 0) is 4.79 Å². The normalized spacial score (nSPS) is 17.0. The van der Waals surface area contributed by atoms with Crippen molar-refractivity contribution in [3.05, 3.63) is 64.2 Å². The summed E-state index contributed by atoms with van der Waals surface area (Å²) in [5.74, 6) is -0.160. The molecule has 0 aromatic heterocycles. The molecule has 1 amide bonds. The molecule has 134 valence electrons. The topological polar surface area (TPSA) is 100 Å². The van der Waals surface area contributed by atoms with Crippen LogP contribution in [0.1, 0.15) is 5.56 Å². The molecule has 1 saturated heterocycles. The van der Waals surface area contributed by atoms with Gasteiger partial charge in [-0.05, 0) is 24.3 Å². The summed E-state index contributed by atoms with van der Waals surface area (Å²) in [7, 11) is 0. The summed E-state index contributed by atoms with van der Waals surface area (Å²) in [6.07, 6.45) is 1.61. The minimum atomic E-state index is -0.997. The predicted octanol–water partition coefficient (Wildman–Crippen LogP) is 2.07. The molecule has 2 aromatic rings. The second kappa shape index (κ2) is 7.85. The molecule has 1 heterocycles. The lowest BCUT2D eigenvalue weighted by molar-refractivity contribution is -0.991. The molecule has 3 rings (SSSR count). The molecule has 0 aliphatic carbocycles. The van der Waals surface area contributed by atoms with Crippen LogP contribution in [0.2, 0.25) is 0 Å². The molecule has 1 unspecified atom stereocenters. The van der Waals surface area contributed by atoms with Gasteiger partial charge in [0.25, 0.3) is 5.91 Å². The standard InChI is InChI=1S/C17H15N3O4S2/c21-14-4-2-1-3-11(14)9-15-16(22)19(17(25)26-15)10-18-12-5-7-13(8-6-12)20(23)24/h1-9,18,20-21,23H,10H2. The molecule has 0 spiro atoms. The number of carbonyl (C=O) groups excluding carboxylic acids is 1. The fraction of sp³-hybridized carbons (Fsp3) is 0.0588. The molecule has 1 fully saturated rings. The Labute approximate surface area is 159 Å². The minimum absolute atomic E-state index is 0.0920. The van der Waals surface area contributed by atoms with E-state index in [0.717, 1.165) is 0 Å². The number of para-hydroxylation sites is 1.